The van der Waals surface area contributed by atoms with Crippen LogP contribution in [0.25, 0.3) is 17.0 Å². The van der Waals surface area contributed by atoms with Crippen molar-refractivity contribution in [3.63, 3.8) is 0 Å². The first-order valence-corrected chi connectivity index (χ1v) is 12.6. The van der Waals surface area contributed by atoms with Gasteiger partial charge in [0.15, 0.2) is 5.69 Å². The van der Waals surface area contributed by atoms with Crippen molar-refractivity contribution in [1.82, 2.24) is 19.6 Å². The summed E-state index contributed by atoms with van der Waals surface area (Å²) in [5.74, 6) is -0.239. The van der Waals surface area contributed by atoms with E-state index in [0.29, 0.717) is 33.9 Å². The number of hydrogen-bond acceptors (Lipinski definition) is 8. The van der Waals surface area contributed by atoms with E-state index in [1.165, 1.54) is 12.5 Å². The van der Waals surface area contributed by atoms with Gasteiger partial charge in [0.05, 0.1) is 28.3 Å². The van der Waals surface area contributed by atoms with Gasteiger partial charge in [-0.2, -0.15) is 5.10 Å². The Kier molecular flexibility index (Phi) is 6.00. The van der Waals surface area contributed by atoms with Crippen molar-refractivity contribution in [3.05, 3.63) is 65.6 Å². The minimum absolute atomic E-state index is 0.0235. The van der Waals surface area contributed by atoms with Gasteiger partial charge in [-0.05, 0) is 45.0 Å². The number of carbonyl (C=O) groups is 1. The second-order valence-corrected chi connectivity index (χ2v) is 11.0. The average molecular weight is 484 g/mol. The molecule has 0 fully saturated rings. The quantitative estimate of drug-likeness (QED) is 0.409. The largest absolute Gasteiger partial charge is 0.444 e. The molecule has 0 saturated heterocycles. The van der Waals surface area contributed by atoms with Gasteiger partial charge >= 0.3 is 0 Å². The molecular formula is C23H25N5O5S. The van der Waals surface area contributed by atoms with Crippen LogP contribution in [0.15, 0.2) is 47.3 Å². The fourth-order valence-corrected chi connectivity index (χ4v) is 4.05. The molecule has 0 saturated carbocycles. The number of sulfone groups is 1. The summed E-state index contributed by atoms with van der Waals surface area (Å²) < 4.78 is 30.0. The number of rotatable bonds is 7. The normalized spacial score (nSPS) is 12.3. The number of pyridine rings is 2. The Bertz CT molecular complexity index is 1480. The van der Waals surface area contributed by atoms with Gasteiger partial charge in [-0.25, -0.2) is 17.9 Å². The zero-order valence-corrected chi connectivity index (χ0v) is 20.0. The summed E-state index contributed by atoms with van der Waals surface area (Å²) in [5.41, 5.74) is 2.31. The second-order valence-electron chi connectivity index (χ2n) is 8.72. The molecule has 34 heavy (non-hydrogen) atoms. The van der Waals surface area contributed by atoms with E-state index in [1.54, 1.807) is 55.0 Å². The third-order valence-electron chi connectivity index (χ3n) is 5.17. The summed E-state index contributed by atoms with van der Waals surface area (Å²) in [6, 6.07) is 6.96. The van der Waals surface area contributed by atoms with Gasteiger partial charge in [0.2, 0.25) is 5.89 Å². The van der Waals surface area contributed by atoms with Crippen molar-refractivity contribution < 1.29 is 22.7 Å². The molecule has 0 spiro atoms. The lowest BCUT2D eigenvalue weighted by Crippen LogP contribution is -2.22. The number of nitrogens with one attached hydrogen (secondary N) is 1. The maximum atomic E-state index is 12.9. The molecular weight excluding hydrogens is 458 g/mol. The zero-order valence-electron chi connectivity index (χ0n) is 19.2. The number of nitrogens with zero attached hydrogens (tertiary/aromatic N) is 4. The standard InChI is InChI=1S/C23H25N5O5S/c1-14-9-15(5-7-24-14)22-26-20(13-33-22)21(29)25-19-11-17-10-16(6-8-34(4,31)32)27-28(17)12-18(19)23(2,3)30/h5,7,9-13,30H,6,8H2,1-4H3,(H,25,29). The molecule has 0 aliphatic heterocycles. The Balaban J connectivity index is 1.64. The Hall–Kier alpha value is -3.57. The summed E-state index contributed by atoms with van der Waals surface area (Å²) >= 11 is 0. The lowest BCUT2D eigenvalue weighted by molar-refractivity contribution is 0.0787. The monoisotopic (exact) mass is 483 g/mol. The first-order chi connectivity index (χ1) is 15.9. The van der Waals surface area contributed by atoms with Crippen LogP contribution in [0.5, 0.6) is 0 Å². The number of amides is 1. The molecule has 0 radical (unpaired) electrons. The molecule has 10 nitrogen and oxygen atoms in total. The van der Waals surface area contributed by atoms with Gasteiger partial charge in [-0.1, -0.05) is 0 Å². The summed E-state index contributed by atoms with van der Waals surface area (Å²) in [4.78, 5) is 21.4. The molecule has 0 aliphatic carbocycles. The van der Waals surface area contributed by atoms with Gasteiger partial charge in [0, 0.05) is 41.9 Å². The number of fused-ring (bicyclic) bond motifs is 1. The van der Waals surface area contributed by atoms with Crippen LogP contribution in [0.4, 0.5) is 5.69 Å². The van der Waals surface area contributed by atoms with Crippen molar-refractivity contribution in [2.45, 2.75) is 32.8 Å². The number of anilines is 1. The van der Waals surface area contributed by atoms with Crippen LogP contribution in [0, 0.1) is 6.92 Å². The molecule has 0 bridgehead atoms. The minimum Gasteiger partial charge on any atom is -0.444 e. The molecule has 178 valence electrons. The molecule has 0 atom stereocenters. The summed E-state index contributed by atoms with van der Waals surface area (Å²) in [5, 5.41) is 17.9. The van der Waals surface area contributed by atoms with Crippen LogP contribution in [0.2, 0.25) is 0 Å². The highest BCUT2D eigenvalue weighted by atomic mass is 32.2. The molecule has 4 aromatic heterocycles. The molecule has 4 aromatic rings. The maximum Gasteiger partial charge on any atom is 0.277 e. The number of hydrogen-bond donors (Lipinski definition) is 2. The summed E-state index contributed by atoms with van der Waals surface area (Å²) in [6.07, 6.45) is 5.95. The highest BCUT2D eigenvalue weighted by Gasteiger charge is 2.24. The Labute approximate surface area is 196 Å². The van der Waals surface area contributed by atoms with Crippen molar-refractivity contribution >= 4 is 26.9 Å². The molecule has 0 aliphatic rings. The van der Waals surface area contributed by atoms with E-state index in [0.717, 1.165) is 5.69 Å². The molecule has 11 heteroatoms. The minimum atomic E-state index is -3.13. The van der Waals surface area contributed by atoms with E-state index >= 15 is 0 Å². The van der Waals surface area contributed by atoms with Crippen LogP contribution in [-0.2, 0) is 21.9 Å². The van der Waals surface area contributed by atoms with E-state index in [1.807, 2.05) is 6.92 Å². The zero-order chi connectivity index (χ0) is 24.7. The predicted octanol–water partition coefficient (Wildman–Crippen LogP) is 2.76. The van der Waals surface area contributed by atoms with E-state index in [9.17, 15) is 18.3 Å². The van der Waals surface area contributed by atoms with Gasteiger partial charge < -0.3 is 14.8 Å². The molecule has 4 rings (SSSR count). The molecule has 1 amide bonds. The molecule has 2 N–H and O–H groups in total. The first kappa shape index (κ1) is 23.6. The third kappa shape index (κ3) is 5.32. The van der Waals surface area contributed by atoms with Crippen LogP contribution in [0.3, 0.4) is 0 Å². The number of oxazole rings is 1. The SMILES string of the molecule is Cc1cc(-c2nc(C(=O)Nc3cc4cc(CCS(C)(=O)=O)nn4cc3C(C)(C)O)co2)ccn1. The maximum absolute atomic E-state index is 12.9. The van der Waals surface area contributed by atoms with Crippen molar-refractivity contribution in [1.29, 1.82) is 0 Å². The van der Waals surface area contributed by atoms with E-state index in [-0.39, 0.29) is 17.9 Å². The van der Waals surface area contributed by atoms with Gasteiger partial charge in [-0.15, -0.1) is 0 Å². The second kappa shape index (κ2) is 8.65. The average Bonchev–Trinajstić information content (AvgIpc) is 3.37. The van der Waals surface area contributed by atoms with Gasteiger partial charge in [0.1, 0.15) is 16.1 Å². The van der Waals surface area contributed by atoms with E-state index < -0.39 is 21.3 Å². The number of aliphatic hydroxyl groups is 1. The Morgan fingerprint density at radius 2 is 2.03 bits per heavy atom. The fourth-order valence-electron chi connectivity index (χ4n) is 3.47. The highest BCUT2D eigenvalue weighted by Crippen LogP contribution is 2.30. The van der Waals surface area contributed by atoms with Gasteiger partial charge in [0.25, 0.3) is 5.91 Å². The topological polar surface area (TPSA) is 140 Å². The lowest BCUT2D eigenvalue weighted by atomic mass is 9.98. The molecule has 0 aromatic carbocycles. The van der Waals surface area contributed by atoms with Crippen LogP contribution in [0.1, 0.15) is 41.3 Å². The predicted molar refractivity (Wildman–Crippen MR) is 126 cm³/mol. The summed E-state index contributed by atoms with van der Waals surface area (Å²) in [6.45, 7) is 5.03. The van der Waals surface area contributed by atoms with Crippen LogP contribution < -0.4 is 5.32 Å². The number of carbonyl (C=O) groups excluding carboxylic acids is 1. The van der Waals surface area contributed by atoms with Gasteiger partial charge in [-0.3, -0.25) is 9.78 Å². The summed E-state index contributed by atoms with van der Waals surface area (Å²) in [7, 11) is -3.13. The smallest absolute Gasteiger partial charge is 0.277 e. The lowest BCUT2D eigenvalue weighted by Gasteiger charge is -2.22. The fraction of sp³-hybridized carbons (Fsp3) is 0.304. The third-order valence-corrected chi connectivity index (χ3v) is 6.11. The Morgan fingerprint density at radius 3 is 2.71 bits per heavy atom. The highest BCUT2D eigenvalue weighted by molar-refractivity contribution is 7.90. The number of aryl methyl sites for hydroxylation is 2. The Morgan fingerprint density at radius 1 is 1.26 bits per heavy atom. The van der Waals surface area contributed by atoms with Crippen molar-refractivity contribution in [3.8, 4) is 11.5 Å². The molecule has 4 heterocycles. The van der Waals surface area contributed by atoms with Crippen molar-refractivity contribution in [2.24, 2.45) is 0 Å². The van der Waals surface area contributed by atoms with Crippen LogP contribution in [-0.4, -0.2) is 51.0 Å². The number of aromatic nitrogens is 4. The van der Waals surface area contributed by atoms with E-state index in [4.69, 9.17) is 4.42 Å². The van der Waals surface area contributed by atoms with E-state index in [2.05, 4.69) is 20.4 Å². The van der Waals surface area contributed by atoms with Crippen LogP contribution >= 0.6 is 0 Å². The molecule has 0 unspecified atom stereocenters. The van der Waals surface area contributed by atoms with Crippen molar-refractivity contribution in [2.75, 3.05) is 17.3 Å². The first-order valence-electron chi connectivity index (χ1n) is 10.5.